The molecular formula is C10H15N3O3. The third-order valence-corrected chi connectivity index (χ3v) is 2.15. The van der Waals surface area contributed by atoms with Crippen LogP contribution in [0.5, 0.6) is 0 Å². The monoisotopic (exact) mass is 225 g/mol. The topological polar surface area (TPSA) is 92.5 Å². The van der Waals surface area contributed by atoms with E-state index in [1.165, 1.54) is 12.2 Å². The summed E-state index contributed by atoms with van der Waals surface area (Å²) in [5, 5.41) is 2.61. The molecule has 6 heteroatoms. The molecule has 3 amide bonds. The molecule has 0 fully saturated rings. The maximum atomic E-state index is 11.2. The molecule has 0 spiro atoms. The van der Waals surface area contributed by atoms with Crippen LogP contribution in [0.25, 0.3) is 0 Å². The van der Waals surface area contributed by atoms with Gasteiger partial charge in [0.2, 0.25) is 5.91 Å². The number of carbonyl (C=O) groups excluding carboxylic acids is 3. The maximum Gasteiger partial charge on any atom is 0.253 e. The van der Waals surface area contributed by atoms with Gasteiger partial charge < -0.3 is 11.1 Å². The van der Waals surface area contributed by atoms with Crippen molar-refractivity contribution in [1.82, 2.24) is 10.2 Å². The molecule has 1 aliphatic heterocycles. The fourth-order valence-electron chi connectivity index (χ4n) is 1.35. The highest BCUT2D eigenvalue weighted by Gasteiger charge is 2.22. The number of nitrogens with two attached hydrogens (primary N) is 1. The molecule has 1 aliphatic rings. The number of amides is 3. The van der Waals surface area contributed by atoms with Crippen LogP contribution in [0.1, 0.15) is 12.8 Å². The van der Waals surface area contributed by atoms with Crippen LogP contribution in [-0.2, 0) is 14.4 Å². The third kappa shape index (κ3) is 3.47. The summed E-state index contributed by atoms with van der Waals surface area (Å²) in [5.41, 5.74) is 5.22. The largest absolute Gasteiger partial charge is 0.355 e. The predicted molar refractivity (Wildman–Crippen MR) is 57.2 cm³/mol. The molecule has 1 rings (SSSR count). The molecule has 0 saturated heterocycles. The van der Waals surface area contributed by atoms with Crippen LogP contribution in [0.15, 0.2) is 12.2 Å². The highest BCUT2D eigenvalue weighted by molar-refractivity contribution is 6.12. The van der Waals surface area contributed by atoms with E-state index in [0.717, 1.165) is 4.90 Å². The molecule has 6 nitrogen and oxygen atoms in total. The van der Waals surface area contributed by atoms with E-state index >= 15 is 0 Å². The molecule has 0 radical (unpaired) electrons. The number of carbonyl (C=O) groups is 3. The zero-order valence-corrected chi connectivity index (χ0v) is 8.94. The predicted octanol–water partition coefficient (Wildman–Crippen LogP) is -1.23. The summed E-state index contributed by atoms with van der Waals surface area (Å²) in [6.45, 7) is 1.13. The van der Waals surface area contributed by atoms with Crippen molar-refractivity contribution in [3.05, 3.63) is 12.2 Å². The molecule has 16 heavy (non-hydrogen) atoms. The van der Waals surface area contributed by atoms with Gasteiger partial charge in [0.1, 0.15) is 0 Å². The summed E-state index contributed by atoms with van der Waals surface area (Å²) in [4.78, 5) is 34.6. The van der Waals surface area contributed by atoms with E-state index in [9.17, 15) is 14.4 Å². The Morgan fingerprint density at radius 2 is 1.94 bits per heavy atom. The normalized spacial score (nSPS) is 14.7. The Kier molecular flexibility index (Phi) is 4.65. The van der Waals surface area contributed by atoms with Crippen LogP contribution in [-0.4, -0.2) is 42.3 Å². The van der Waals surface area contributed by atoms with Crippen LogP contribution < -0.4 is 11.1 Å². The Bertz CT molecular complexity index is 307. The SMILES string of the molecule is NCCNC(=O)CCCN1C(=O)C=CC1=O. The standard InChI is InChI=1S/C10H15N3O3/c11-5-6-12-8(14)2-1-7-13-9(15)3-4-10(13)16/h3-4H,1-2,5-7,11H2,(H,12,14). The van der Waals surface area contributed by atoms with Crippen LogP contribution in [0.2, 0.25) is 0 Å². The van der Waals surface area contributed by atoms with E-state index in [4.69, 9.17) is 5.73 Å². The molecule has 0 atom stereocenters. The Morgan fingerprint density at radius 3 is 2.50 bits per heavy atom. The molecule has 0 aromatic carbocycles. The number of rotatable bonds is 6. The van der Waals surface area contributed by atoms with E-state index in [0.29, 0.717) is 19.5 Å². The Labute approximate surface area is 93.5 Å². The lowest BCUT2D eigenvalue weighted by atomic mass is 10.3. The minimum Gasteiger partial charge on any atom is -0.355 e. The molecule has 1 heterocycles. The summed E-state index contributed by atoms with van der Waals surface area (Å²) < 4.78 is 0. The zero-order chi connectivity index (χ0) is 12.0. The van der Waals surface area contributed by atoms with E-state index in [-0.39, 0.29) is 30.7 Å². The van der Waals surface area contributed by atoms with Gasteiger partial charge in [0.05, 0.1) is 0 Å². The van der Waals surface area contributed by atoms with Gasteiger partial charge in [-0.1, -0.05) is 0 Å². The molecule has 0 aromatic rings. The molecule has 0 aliphatic carbocycles. The number of hydrogen-bond acceptors (Lipinski definition) is 4. The Balaban J connectivity index is 2.18. The van der Waals surface area contributed by atoms with Gasteiger partial charge in [-0.2, -0.15) is 0 Å². The lowest BCUT2D eigenvalue weighted by Crippen LogP contribution is -2.33. The Morgan fingerprint density at radius 1 is 1.31 bits per heavy atom. The number of imide groups is 1. The lowest BCUT2D eigenvalue weighted by Gasteiger charge is -2.12. The molecule has 3 N–H and O–H groups in total. The Hall–Kier alpha value is -1.69. The minimum atomic E-state index is -0.313. The van der Waals surface area contributed by atoms with Crippen LogP contribution >= 0.6 is 0 Å². The van der Waals surface area contributed by atoms with Crippen molar-refractivity contribution in [3.63, 3.8) is 0 Å². The zero-order valence-electron chi connectivity index (χ0n) is 8.94. The molecule has 0 bridgehead atoms. The summed E-state index contributed by atoms with van der Waals surface area (Å²) >= 11 is 0. The van der Waals surface area contributed by atoms with Gasteiger partial charge in [-0.15, -0.1) is 0 Å². The van der Waals surface area contributed by atoms with Crippen LogP contribution in [0.3, 0.4) is 0 Å². The van der Waals surface area contributed by atoms with E-state index in [1.54, 1.807) is 0 Å². The molecular weight excluding hydrogens is 210 g/mol. The van der Waals surface area contributed by atoms with Gasteiger partial charge in [0, 0.05) is 38.2 Å². The summed E-state index contributed by atoms with van der Waals surface area (Å²) in [6.07, 6.45) is 3.22. The van der Waals surface area contributed by atoms with Gasteiger partial charge in [-0.3, -0.25) is 19.3 Å². The summed E-state index contributed by atoms with van der Waals surface area (Å²) in [7, 11) is 0. The van der Waals surface area contributed by atoms with Crippen molar-refractivity contribution >= 4 is 17.7 Å². The average Bonchev–Trinajstić information content (AvgIpc) is 2.57. The number of nitrogens with one attached hydrogen (secondary N) is 1. The maximum absolute atomic E-state index is 11.2. The highest BCUT2D eigenvalue weighted by Crippen LogP contribution is 2.05. The first kappa shape index (κ1) is 12.4. The fraction of sp³-hybridized carbons (Fsp3) is 0.500. The first-order chi connectivity index (χ1) is 7.65. The second kappa shape index (κ2) is 6.02. The fourth-order valence-corrected chi connectivity index (χ4v) is 1.35. The summed E-state index contributed by atoms with van der Waals surface area (Å²) in [6, 6.07) is 0. The van der Waals surface area contributed by atoms with Crippen molar-refractivity contribution in [1.29, 1.82) is 0 Å². The van der Waals surface area contributed by atoms with Crippen LogP contribution in [0, 0.1) is 0 Å². The van der Waals surface area contributed by atoms with Crippen LogP contribution in [0.4, 0.5) is 0 Å². The van der Waals surface area contributed by atoms with E-state index < -0.39 is 0 Å². The second-order valence-electron chi connectivity index (χ2n) is 3.40. The lowest BCUT2D eigenvalue weighted by molar-refractivity contribution is -0.137. The third-order valence-electron chi connectivity index (χ3n) is 2.15. The first-order valence-corrected chi connectivity index (χ1v) is 5.15. The van der Waals surface area contributed by atoms with E-state index in [2.05, 4.69) is 5.32 Å². The van der Waals surface area contributed by atoms with Crippen molar-refractivity contribution in [2.24, 2.45) is 5.73 Å². The van der Waals surface area contributed by atoms with Crippen molar-refractivity contribution in [3.8, 4) is 0 Å². The van der Waals surface area contributed by atoms with Crippen molar-refractivity contribution in [2.45, 2.75) is 12.8 Å². The molecule has 0 saturated carbocycles. The smallest absolute Gasteiger partial charge is 0.253 e. The quantitative estimate of drug-likeness (QED) is 0.553. The van der Waals surface area contributed by atoms with Gasteiger partial charge in [-0.05, 0) is 6.42 Å². The first-order valence-electron chi connectivity index (χ1n) is 5.15. The van der Waals surface area contributed by atoms with Gasteiger partial charge in [0.15, 0.2) is 0 Å². The number of nitrogens with zero attached hydrogens (tertiary/aromatic N) is 1. The molecule has 0 aromatic heterocycles. The minimum absolute atomic E-state index is 0.113. The van der Waals surface area contributed by atoms with E-state index in [1.807, 2.05) is 0 Å². The molecule has 88 valence electrons. The van der Waals surface area contributed by atoms with Crippen molar-refractivity contribution < 1.29 is 14.4 Å². The average molecular weight is 225 g/mol. The molecule has 0 unspecified atom stereocenters. The highest BCUT2D eigenvalue weighted by atomic mass is 16.2. The second-order valence-corrected chi connectivity index (χ2v) is 3.40. The summed E-state index contributed by atoms with van der Waals surface area (Å²) in [5.74, 6) is -0.739. The van der Waals surface area contributed by atoms with Gasteiger partial charge >= 0.3 is 0 Å². The number of hydrogen-bond donors (Lipinski definition) is 2. The van der Waals surface area contributed by atoms with Gasteiger partial charge in [0.25, 0.3) is 11.8 Å². The van der Waals surface area contributed by atoms with Crippen molar-refractivity contribution in [2.75, 3.05) is 19.6 Å². The van der Waals surface area contributed by atoms with Gasteiger partial charge in [-0.25, -0.2) is 0 Å².